The summed E-state index contributed by atoms with van der Waals surface area (Å²) in [6.07, 6.45) is 2.66. The standard InChI is InChI=1S/C9H10N2O3S/c12-9-6-5-8(11(13)14)15-7(6)3-1-2-4-10-9/h5H,1-4H2,(H,10,12). The third-order valence-electron chi connectivity index (χ3n) is 2.34. The number of carbonyl (C=O) groups excluding carboxylic acids is 1. The Bertz CT molecular complexity index is 413. The predicted octanol–water partition coefficient (Wildman–Crippen LogP) is 1.72. The molecular weight excluding hydrogens is 216 g/mol. The topological polar surface area (TPSA) is 72.2 Å². The lowest BCUT2D eigenvalue weighted by molar-refractivity contribution is -0.380. The van der Waals surface area contributed by atoms with Gasteiger partial charge in [-0.2, -0.15) is 0 Å². The third kappa shape index (κ3) is 1.99. The molecule has 1 aromatic rings. The van der Waals surface area contributed by atoms with E-state index in [0.29, 0.717) is 12.1 Å². The number of nitrogens with zero attached hydrogens (tertiary/aromatic N) is 1. The quantitative estimate of drug-likeness (QED) is 0.585. The van der Waals surface area contributed by atoms with Gasteiger partial charge >= 0.3 is 5.00 Å². The van der Waals surface area contributed by atoms with Gasteiger partial charge in [-0.3, -0.25) is 14.9 Å². The van der Waals surface area contributed by atoms with Gasteiger partial charge in [0.25, 0.3) is 5.91 Å². The number of nitrogens with one attached hydrogen (secondary N) is 1. The Morgan fingerprint density at radius 3 is 3.00 bits per heavy atom. The Labute approximate surface area is 90.3 Å². The summed E-state index contributed by atoms with van der Waals surface area (Å²) >= 11 is 1.11. The number of carbonyl (C=O) groups is 1. The zero-order valence-corrected chi connectivity index (χ0v) is 8.80. The molecule has 0 bridgehead atoms. The van der Waals surface area contributed by atoms with Gasteiger partial charge in [0.15, 0.2) is 0 Å². The second-order valence-corrected chi connectivity index (χ2v) is 4.51. The number of aryl methyl sites for hydroxylation is 1. The molecule has 5 nitrogen and oxygen atoms in total. The Balaban J connectivity index is 2.39. The van der Waals surface area contributed by atoms with Gasteiger partial charge in [-0.05, 0) is 19.3 Å². The van der Waals surface area contributed by atoms with Crippen LogP contribution in [0.4, 0.5) is 5.00 Å². The van der Waals surface area contributed by atoms with Crippen molar-refractivity contribution in [3.63, 3.8) is 0 Å². The first-order chi connectivity index (χ1) is 7.18. The fourth-order valence-electron chi connectivity index (χ4n) is 1.59. The van der Waals surface area contributed by atoms with Crippen LogP contribution in [0, 0.1) is 10.1 Å². The van der Waals surface area contributed by atoms with Crippen molar-refractivity contribution in [2.24, 2.45) is 0 Å². The highest BCUT2D eigenvalue weighted by molar-refractivity contribution is 7.15. The van der Waals surface area contributed by atoms with Crippen molar-refractivity contribution in [3.8, 4) is 0 Å². The van der Waals surface area contributed by atoms with Gasteiger partial charge in [0, 0.05) is 17.5 Å². The van der Waals surface area contributed by atoms with E-state index in [9.17, 15) is 14.9 Å². The summed E-state index contributed by atoms with van der Waals surface area (Å²) in [5.41, 5.74) is 0.478. The molecule has 0 atom stereocenters. The lowest BCUT2D eigenvalue weighted by Crippen LogP contribution is -2.26. The lowest BCUT2D eigenvalue weighted by Gasteiger charge is -2.09. The molecule has 2 heterocycles. The molecule has 1 amide bonds. The fourth-order valence-corrected chi connectivity index (χ4v) is 2.60. The third-order valence-corrected chi connectivity index (χ3v) is 3.48. The average molecular weight is 226 g/mol. The van der Waals surface area contributed by atoms with Crippen molar-refractivity contribution in [1.82, 2.24) is 5.32 Å². The Hall–Kier alpha value is -1.43. The summed E-state index contributed by atoms with van der Waals surface area (Å²) in [5.74, 6) is -0.186. The van der Waals surface area contributed by atoms with Crippen molar-refractivity contribution in [1.29, 1.82) is 0 Å². The van der Waals surface area contributed by atoms with Crippen molar-refractivity contribution in [2.75, 3.05) is 6.54 Å². The van der Waals surface area contributed by atoms with Gasteiger partial charge in [-0.15, -0.1) is 0 Å². The molecule has 80 valence electrons. The van der Waals surface area contributed by atoms with Gasteiger partial charge in [-0.25, -0.2) is 0 Å². The molecule has 1 N–H and O–H groups in total. The molecule has 0 unspecified atom stereocenters. The molecule has 1 aliphatic rings. The summed E-state index contributed by atoms with van der Waals surface area (Å²) in [4.78, 5) is 22.5. The number of amides is 1. The molecule has 0 radical (unpaired) electrons. The summed E-state index contributed by atoms with van der Waals surface area (Å²) in [7, 11) is 0. The average Bonchev–Trinajstić information content (AvgIpc) is 2.58. The largest absolute Gasteiger partial charge is 0.352 e. The molecule has 2 rings (SSSR count). The van der Waals surface area contributed by atoms with Crippen LogP contribution in [0.25, 0.3) is 0 Å². The van der Waals surface area contributed by atoms with E-state index in [-0.39, 0.29) is 10.9 Å². The highest BCUT2D eigenvalue weighted by Gasteiger charge is 2.22. The smallest absolute Gasteiger partial charge is 0.325 e. The molecule has 1 aliphatic heterocycles. The minimum Gasteiger partial charge on any atom is -0.352 e. The molecule has 15 heavy (non-hydrogen) atoms. The number of fused-ring (bicyclic) bond motifs is 1. The zero-order chi connectivity index (χ0) is 10.8. The molecule has 0 saturated heterocycles. The second-order valence-electron chi connectivity index (χ2n) is 3.39. The SMILES string of the molecule is O=C1NCCCCc2sc([N+](=O)[O-])cc21. The van der Waals surface area contributed by atoms with E-state index in [1.165, 1.54) is 6.07 Å². The number of thiophene rings is 1. The maximum atomic E-state index is 11.6. The molecular formula is C9H10N2O3S. The minimum absolute atomic E-state index is 0.0528. The van der Waals surface area contributed by atoms with Crippen LogP contribution in [-0.2, 0) is 6.42 Å². The molecule has 0 saturated carbocycles. The van der Waals surface area contributed by atoms with E-state index in [0.717, 1.165) is 35.5 Å². The van der Waals surface area contributed by atoms with Crippen molar-refractivity contribution in [2.45, 2.75) is 19.3 Å². The van der Waals surface area contributed by atoms with Crippen LogP contribution >= 0.6 is 11.3 Å². The van der Waals surface area contributed by atoms with Crippen molar-refractivity contribution >= 4 is 22.2 Å². The highest BCUT2D eigenvalue weighted by Crippen LogP contribution is 2.30. The Kier molecular flexibility index (Phi) is 2.68. The van der Waals surface area contributed by atoms with Gasteiger partial charge in [-0.1, -0.05) is 11.3 Å². The molecule has 0 aromatic carbocycles. The number of rotatable bonds is 1. The monoisotopic (exact) mass is 226 g/mol. The Morgan fingerprint density at radius 2 is 2.27 bits per heavy atom. The maximum Gasteiger partial charge on any atom is 0.325 e. The summed E-state index contributed by atoms with van der Waals surface area (Å²) in [5, 5.41) is 13.4. The van der Waals surface area contributed by atoms with Gasteiger partial charge < -0.3 is 5.32 Å². The van der Waals surface area contributed by atoms with Crippen LogP contribution in [0.5, 0.6) is 0 Å². The number of hydrogen-bond donors (Lipinski definition) is 1. The molecule has 0 spiro atoms. The summed E-state index contributed by atoms with van der Waals surface area (Å²) in [6, 6.07) is 1.38. The normalized spacial score (nSPS) is 16.1. The second kappa shape index (κ2) is 3.98. The van der Waals surface area contributed by atoms with E-state index in [1.807, 2.05) is 0 Å². The molecule has 1 aromatic heterocycles. The predicted molar refractivity (Wildman–Crippen MR) is 56.2 cm³/mol. The first-order valence-electron chi connectivity index (χ1n) is 4.74. The Morgan fingerprint density at radius 1 is 1.47 bits per heavy atom. The molecule has 0 fully saturated rings. The van der Waals surface area contributed by atoms with Gasteiger partial charge in [0.1, 0.15) is 0 Å². The van der Waals surface area contributed by atoms with Crippen LogP contribution in [0.3, 0.4) is 0 Å². The lowest BCUT2D eigenvalue weighted by atomic mass is 10.1. The molecule has 6 heteroatoms. The van der Waals surface area contributed by atoms with E-state index in [1.54, 1.807) is 0 Å². The van der Waals surface area contributed by atoms with Crippen LogP contribution < -0.4 is 5.32 Å². The van der Waals surface area contributed by atoms with Crippen LogP contribution in [0.1, 0.15) is 28.1 Å². The van der Waals surface area contributed by atoms with Gasteiger partial charge in [0.05, 0.1) is 10.5 Å². The van der Waals surface area contributed by atoms with Crippen molar-refractivity contribution < 1.29 is 9.72 Å². The molecule has 0 aliphatic carbocycles. The van der Waals surface area contributed by atoms with E-state index < -0.39 is 4.92 Å². The maximum absolute atomic E-state index is 11.6. The summed E-state index contributed by atoms with van der Waals surface area (Å²) in [6.45, 7) is 0.655. The van der Waals surface area contributed by atoms with Crippen LogP contribution in [0.15, 0.2) is 6.07 Å². The van der Waals surface area contributed by atoms with Crippen LogP contribution in [0.2, 0.25) is 0 Å². The van der Waals surface area contributed by atoms with Gasteiger partial charge in [0.2, 0.25) is 0 Å². The van der Waals surface area contributed by atoms with E-state index in [2.05, 4.69) is 5.32 Å². The first-order valence-corrected chi connectivity index (χ1v) is 5.55. The first kappa shape index (κ1) is 10.1. The summed E-state index contributed by atoms with van der Waals surface area (Å²) < 4.78 is 0. The van der Waals surface area contributed by atoms with Crippen LogP contribution in [-0.4, -0.2) is 17.4 Å². The van der Waals surface area contributed by atoms with Crippen molar-refractivity contribution in [3.05, 3.63) is 26.6 Å². The minimum atomic E-state index is -0.442. The van der Waals surface area contributed by atoms with E-state index in [4.69, 9.17) is 0 Å². The number of hydrogen-bond acceptors (Lipinski definition) is 4. The number of nitro groups is 1. The highest BCUT2D eigenvalue weighted by atomic mass is 32.1. The zero-order valence-electron chi connectivity index (χ0n) is 7.99. The fraction of sp³-hybridized carbons (Fsp3) is 0.444. The van der Waals surface area contributed by atoms with E-state index >= 15 is 0 Å².